The van der Waals surface area contributed by atoms with Crippen molar-refractivity contribution in [2.75, 3.05) is 31.6 Å². The molecule has 1 aromatic rings. The second-order valence-corrected chi connectivity index (χ2v) is 5.82. The van der Waals surface area contributed by atoms with E-state index in [1.807, 2.05) is 18.2 Å². The van der Waals surface area contributed by atoms with E-state index >= 15 is 0 Å². The van der Waals surface area contributed by atoms with Gasteiger partial charge in [0.15, 0.2) is 0 Å². The number of amides is 1. The van der Waals surface area contributed by atoms with Crippen LogP contribution in [0.2, 0.25) is 0 Å². The lowest BCUT2D eigenvalue weighted by molar-refractivity contribution is -0.120. The smallest absolute Gasteiger partial charge is 0.233 e. The fraction of sp³-hybridized carbons (Fsp3) is 0.588. The van der Waals surface area contributed by atoms with Gasteiger partial charge in [-0.15, -0.1) is 0 Å². The molecule has 1 saturated carbocycles. The molecule has 2 N–H and O–H groups in total. The number of para-hydroxylation sites is 1. The number of carbonyl (C=O) groups is 1. The standard InChI is InChI=1S/C17H27N3O/c1-20(16-10-3-2-4-11-16)13-7-12-18-17(21)14-19-15-8-5-6-9-15/h2-4,10-11,15,19H,5-9,12-14H2,1H3,(H,18,21). The monoisotopic (exact) mass is 289 g/mol. The lowest BCUT2D eigenvalue weighted by atomic mass is 10.2. The van der Waals surface area contributed by atoms with E-state index in [1.165, 1.54) is 31.4 Å². The molecule has 116 valence electrons. The first-order valence-electron chi connectivity index (χ1n) is 8.02. The number of rotatable bonds is 8. The van der Waals surface area contributed by atoms with Gasteiger partial charge in [-0.05, 0) is 31.4 Å². The van der Waals surface area contributed by atoms with Gasteiger partial charge < -0.3 is 15.5 Å². The minimum atomic E-state index is 0.115. The molecule has 4 heteroatoms. The van der Waals surface area contributed by atoms with Crippen molar-refractivity contribution in [1.29, 1.82) is 0 Å². The summed E-state index contributed by atoms with van der Waals surface area (Å²) in [5.41, 5.74) is 1.21. The van der Waals surface area contributed by atoms with Gasteiger partial charge in [-0.1, -0.05) is 31.0 Å². The molecule has 0 radical (unpaired) electrons. The summed E-state index contributed by atoms with van der Waals surface area (Å²) >= 11 is 0. The number of hydrogen-bond acceptors (Lipinski definition) is 3. The van der Waals surface area contributed by atoms with E-state index in [1.54, 1.807) is 0 Å². The van der Waals surface area contributed by atoms with Crippen molar-refractivity contribution in [2.45, 2.75) is 38.1 Å². The molecular weight excluding hydrogens is 262 g/mol. The third kappa shape index (κ3) is 5.76. The second kappa shape index (κ2) is 8.67. The van der Waals surface area contributed by atoms with Gasteiger partial charge in [0.05, 0.1) is 6.54 Å². The highest BCUT2D eigenvalue weighted by Gasteiger charge is 2.14. The van der Waals surface area contributed by atoms with Crippen LogP contribution in [0.1, 0.15) is 32.1 Å². The number of nitrogens with one attached hydrogen (secondary N) is 2. The maximum atomic E-state index is 11.7. The molecule has 0 unspecified atom stereocenters. The van der Waals surface area contributed by atoms with Crippen molar-refractivity contribution in [3.05, 3.63) is 30.3 Å². The average Bonchev–Trinajstić information content (AvgIpc) is 3.03. The summed E-state index contributed by atoms with van der Waals surface area (Å²) in [5.74, 6) is 0.115. The molecule has 1 aliphatic rings. The van der Waals surface area contributed by atoms with Crippen LogP contribution in [0.4, 0.5) is 5.69 Å². The lowest BCUT2D eigenvalue weighted by Gasteiger charge is -2.19. The Balaban J connectivity index is 1.53. The molecule has 1 aliphatic carbocycles. The van der Waals surface area contributed by atoms with Gasteiger partial charge >= 0.3 is 0 Å². The third-order valence-corrected chi connectivity index (χ3v) is 4.10. The average molecular weight is 289 g/mol. The van der Waals surface area contributed by atoms with Gasteiger partial charge in [-0.25, -0.2) is 0 Å². The Morgan fingerprint density at radius 1 is 1.24 bits per heavy atom. The first-order chi connectivity index (χ1) is 10.3. The first kappa shape index (κ1) is 15.8. The minimum absolute atomic E-state index is 0.115. The fourth-order valence-corrected chi connectivity index (χ4v) is 2.79. The summed E-state index contributed by atoms with van der Waals surface area (Å²) in [4.78, 5) is 13.9. The topological polar surface area (TPSA) is 44.4 Å². The van der Waals surface area contributed by atoms with Crippen molar-refractivity contribution < 1.29 is 4.79 Å². The normalized spacial score (nSPS) is 15.1. The minimum Gasteiger partial charge on any atom is -0.375 e. The number of hydrogen-bond donors (Lipinski definition) is 2. The van der Waals surface area contributed by atoms with Crippen LogP contribution in [0, 0.1) is 0 Å². The Morgan fingerprint density at radius 2 is 1.95 bits per heavy atom. The number of anilines is 1. The van der Waals surface area contributed by atoms with E-state index in [-0.39, 0.29) is 5.91 Å². The van der Waals surface area contributed by atoms with E-state index < -0.39 is 0 Å². The Kier molecular flexibility index (Phi) is 6.54. The molecule has 4 nitrogen and oxygen atoms in total. The zero-order chi connectivity index (χ0) is 14.9. The SMILES string of the molecule is CN(CCCNC(=O)CNC1CCCC1)c1ccccc1. The first-order valence-corrected chi connectivity index (χ1v) is 8.02. The van der Waals surface area contributed by atoms with Crippen molar-refractivity contribution >= 4 is 11.6 Å². The van der Waals surface area contributed by atoms with Gasteiger partial charge in [0.1, 0.15) is 0 Å². The van der Waals surface area contributed by atoms with Crippen LogP contribution in [0.5, 0.6) is 0 Å². The van der Waals surface area contributed by atoms with E-state index in [2.05, 4.69) is 34.7 Å². The van der Waals surface area contributed by atoms with E-state index in [0.29, 0.717) is 12.6 Å². The molecule has 1 amide bonds. The zero-order valence-corrected chi connectivity index (χ0v) is 13.0. The summed E-state index contributed by atoms with van der Waals surface area (Å²) in [6.07, 6.45) is 5.99. The number of carbonyl (C=O) groups excluding carboxylic acids is 1. The Labute approximate surface area is 127 Å². The summed E-state index contributed by atoms with van der Waals surface area (Å²) in [5, 5.41) is 6.32. The summed E-state index contributed by atoms with van der Waals surface area (Å²) in [7, 11) is 2.08. The zero-order valence-electron chi connectivity index (χ0n) is 13.0. The highest BCUT2D eigenvalue weighted by Crippen LogP contribution is 2.17. The molecular formula is C17H27N3O. The van der Waals surface area contributed by atoms with Gasteiger partial charge in [0.25, 0.3) is 0 Å². The van der Waals surface area contributed by atoms with Gasteiger partial charge in [0.2, 0.25) is 5.91 Å². The molecule has 21 heavy (non-hydrogen) atoms. The van der Waals surface area contributed by atoms with Crippen molar-refractivity contribution in [2.24, 2.45) is 0 Å². The summed E-state index contributed by atoms with van der Waals surface area (Å²) < 4.78 is 0. The highest BCUT2D eigenvalue weighted by atomic mass is 16.1. The Hall–Kier alpha value is -1.55. The van der Waals surface area contributed by atoms with E-state index in [4.69, 9.17) is 0 Å². The lowest BCUT2D eigenvalue weighted by Crippen LogP contribution is -2.38. The molecule has 0 atom stereocenters. The van der Waals surface area contributed by atoms with Crippen molar-refractivity contribution in [3.63, 3.8) is 0 Å². The quantitative estimate of drug-likeness (QED) is 0.721. The molecule has 0 bridgehead atoms. The number of benzene rings is 1. The molecule has 0 aromatic heterocycles. The van der Waals surface area contributed by atoms with Crippen LogP contribution in [0.15, 0.2) is 30.3 Å². The van der Waals surface area contributed by atoms with Crippen LogP contribution < -0.4 is 15.5 Å². The van der Waals surface area contributed by atoms with Gasteiger partial charge in [-0.3, -0.25) is 4.79 Å². The second-order valence-electron chi connectivity index (χ2n) is 5.82. The molecule has 0 aliphatic heterocycles. The summed E-state index contributed by atoms with van der Waals surface area (Å²) in [6, 6.07) is 10.9. The van der Waals surface area contributed by atoms with Crippen LogP contribution in [0.3, 0.4) is 0 Å². The van der Waals surface area contributed by atoms with Crippen molar-refractivity contribution in [3.8, 4) is 0 Å². The maximum absolute atomic E-state index is 11.7. The molecule has 0 spiro atoms. The highest BCUT2D eigenvalue weighted by molar-refractivity contribution is 5.77. The van der Waals surface area contributed by atoms with Crippen LogP contribution >= 0.6 is 0 Å². The van der Waals surface area contributed by atoms with E-state index in [0.717, 1.165) is 19.5 Å². The molecule has 2 rings (SSSR count). The third-order valence-electron chi connectivity index (χ3n) is 4.10. The fourth-order valence-electron chi connectivity index (χ4n) is 2.79. The van der Waals surface area contributed by atoms with Crippen LogP contribution in [-0.2, 0) is 4.79 Å². The van der Waals surface area contributed by atoms with Gasteiger partial charge in [-0.2, -0.15) is 0 Å². The molecule has 1 fully saturated rings. The maximum Gasteiger partial charge on any atom is 0.233 e. The van der Waals surface area contributed by atoms with Crippen LogP contribution in [0.25, 0.3) is 0 Å². The molecule has 0 saturated heterocycles. The van der Waals surface area contributed by atoms with Crippen LogP contribution in [-0.4, -0.2) is 38.6 Å². The number of nitrogens with zero attached hydrogens (tertiary/aromatic N) is 1. The largest absolute Gasteiger partial charge is 0.375 e. The molecule has 1 aromatic carbocycles. The predicted molar refractivity (Wildman–Crippen MR) is 87.6 cm³/mol. The van der Waals surface area contributed by atoms with Crippen molar-refractivity contribution in [1.82, 2.24) is 10.6 Å². The van der Waals surface area contributed by atoms with Gasteiger partial charge in [0, 0.05) is 31.9 Å². The molecule has 0 heterocycles. The summed E-state index contributed by atoms with van der Waals surface area (Å²) in [6.45, 7) is 2.14. The predicted octanol–water partition coefficient (Wildman–Crippen LogP) is 2.16. The van der Waals surface area contributed by atoms with E-state index in [9.17, 15) is 4.79 Å². The Bertz CT molecular complexity index is 415. The Morgan fingerprint density at radius 3 is 2.67 bits per heavy atom.